The smallest absolute Gasteiger partial charge is 0.335 e. The van der Waals surface area contributed by atoms with E-state index in [0.29, 0.717) is 38.2 Å². The van der Waals surface area contributed by atoms with Crippen LogP contribution in [0.2, 0.25) is 0 Å². The van der Waals surface area contributed by atoms with Gasteiger partial charge in [-0.2, -0.15) is 5.10 Å². The molecule has 4 aromatic rings. The van der Waals surface area contributed by atoms with Gasteiger partial charge in [-0.3, -0.25) is 4.79 Å². The number of fused-ring (bicyclic) bond motifs is 1. The molecule has 0 aliphatic rings. The molecular formula is C26H20Br2N2O6. The quantitative estimate of drug-likeness (QED) is 0.167. The second-order valence-electron chi connectivity index (χ2n) is 7.55. The molecule has 0 unspecified atom stereocenters. The SMILES string of the molecule is CCOc1ccc2oc(C(=O)N/N=C/c3cc(Br)c(OCc4ccc(C(=O)O)cc4)c(Br)c3)cc2c1. The van der Waals surface area contributed by atoms with Crippen LogP contribution in [0.1, 0.15) is 39.0 Å². The molecule has 10 heteroatoms. The van der Waals surface area contributed by atoms with Crippen LogP contribution in [0, 0.1) is 0 Å². The molecule has 0 spiro atoms. The summed E-state index contributed by atoms with van der Waals surface area (Å²) in [7, 11) is 0. The highest BCUT2D eigenvalue weighted by Crippen LogP contribution is 2.35. The highest BCUT2D eigenvalue weighted by atomic mass is 79.9. The fourth-order valence-electron chi connectivity index (χ4n) is 3.30. The van der Waals surface area contributed by atoms with Crippen LogP contribution < -0.4 is 14.9 Å². The number of benzene rings is 3. The van der Waals surface area contributed by atoms with Crippen molar-refractivity contribution in [2.45, 2.75) is 13.5 Å². The zero-order chi connectivity index (χ0) is 25.7. The number of halogens is 2. The van der Waals surface area contributed by atoms with Crippen LogP contribution in [0.3, 0.4) is 0 Å². The second kappa shape index (κ2) is 11.4. The van der Waals surface area contributed by atoms with Crippen LogP contribution in [-0.4, -0.2) is 29.8 Å². The zero-order valence-electron chi connectivity index (χ0n) is 19.0. The summed E-state index contributed by atoms with van der Waals surface area (Å²) in [6.07, 6.45) is 1.50. The monoisotopic (exact) mass is 614 g/mol. The number of amides is 1. The second-order valence-corrected chi connectivity index (χ2v) is 9.26. The number of furan rings is 1. The molecule has 1 amide bonds. The minimum atomic E-state index is -0.977. The van der Waals surface area contributed by atoms with E-state index < -0.39 is 11.9 Å². The number of hydrazone groups is 1. The van der Waals surface area contributed by atoms with Gasteiger partial charge < -0.3 is 19.0 Å². The van der Waals surface area contributed by atoms with E-state index >= 15 is 0 Å². The van der Waals surface area contributed by atoms with Crippen LogP contribution in [0.15, 0.2) is 79.1 Å². The van der Waals surface area contributed by atoms with Crippen molar-refractivity contribution in [2.24, 2.45) is 5.10 Å². The van der Waals surface area contributed by atoms with Crippen LogP contribution in [-0.2, 0) is 6.61 Å². The summed E-state index contributed by atoms with van der Waals surface area (Å²) < 4.78 is 18.3. The largest absolute Gasteiger partial charge is 0.494 e. The first-order valence-electron chi connectivity index (χ1n) is 10.8. The van der Waals surface area contributed by atoms with Gasteiger partial charge in [0.25, 0.3) is 0 Å². The first-order valence-corrected chi connectivity index (χ1v) is 12.4. The summed E-state index contributed by atoms with van der Waals surface area (Å²) in [6.45, 7) is 2.70. The van der Waals surface area contributed by atoms with E-state index in [1.54, 1.807) is 42.5 Å². The van der Waals surface area contributed by atoms with E-state index in [9.17, 15) is 9.59 Å². The van der Waals surface area contributed by atoms with Crippen molar-refractivity contribution in [2.75, 3.05) is 6.61 Å². The summed E-state index contributed by atoms with van der Waals surface area (Å²) >= 11 is 6.98. The number of ether oxygens (including phenoxy) is 2. The summed E-state index contributed by atoms with van der Waals surface area (Å²) in [4.78, 5) is 23.4. The molecule has 8 nitrogen and oxygen atoms in total. The molecule has 3 aromatic carbocycles. The Morgan fingerprint density at radius 3 is 2.42 bits per heavy atom. The number of nitrogens with one attached hydrogen (secondary N) is 1. The predicted molar refractivity (Wildman–Crippen MR) is 142 cm³/mol. The fraction of sp³-hybridized carbons (Fsp3) is 0.115. The number of carbonyl (C=O) groups is 2. The van der Waals surface area contributed by atoms with Crippen molar-refractivity contribution >= 4 is 60.9 Å². The number of rotatable bonds is 9. The Morgan fingerprint density at radius 2 is 1.75 bits per heavy atom. The zero-order valence-corrected chi connectivity index (χ0v) is 22.1. The minimum absolute atomic E-state index is 0.137. The van der Waals surface area contributed by atoms with Gasteiger partial charge in [0, 0.05) is 5.39 Å². The number of nitrogens with zero attached hydrogens (tertiary/aromatic N) is 1. The molecule has 0 aliphatic carbocycles. The van der Waals surface area contributed by atoms with Crippen molar-refractivity contribution in [1.82, 2.24) is 5.43 Å². The Hall–Kier alpha value is -3.63. The van der Waals surface area contributed by atoms with Gasteiger partial charge in [-0.05, 0) is 98.4 Å². The van der Waals surface area contributed by atoms with Crippen molar-refractivity contribution in [3.8, 4) is 11.5 Å². The van der Waals surface area contributed by atoms with Crippen LogP contribution in [0.4, 0.5) is 0 Å². The van der Waals surface area contributed by atoms with Gasteiger partial charge in [0.1, 0.15) is 23.7 Å². The van der Waals surface area contributed by atoms with Gasteiger partial charge in [0.15, 0.2) is 5.76 Å². The van der Waals surface area contributed by atoms with Gasteiger partial charge in [-0.15, -0.1) is 0 Å². The molecule has 4 rings (SSSR count). The lowest BCUT2D eigenvalue weighted by molar-refractivity contribution is 0.0696. The van der Waals surface area contributed by atoms with E-state index in [4.69, 9.17) is 19.0 Å². The highest BCUT2D eigenvalue weighted by Gasteiger charge is 2.13. The van der Waals surface area contributed by atoms with E-state index in [1.807, 2.05) is 13.0 Å². The number of carbonyl (C=O) groups excluding carboxylic acids is 1. The van der Waals surface area contributed by atoms with Crippen molar-refractivity contribution in [1.29, 1.82) is 0 Å². The predicted octanol–water partition coefficient (Wildman–Crippen LogP) is 6.40. The van der Waals surface area contributed by atoms with E-state index in [0.717, 1.165) is 10.9 Å². The molecule has 1 aromatic heterocycles. The normalized spacial score (nSPS) is 11.1. The standard InChI is InChI=1S/C26H20Br2N2O6/c1-2-34-19-7-8-22-18(11-19)12-23(36-22)25(31)30-29-13-16-9-20(27)24(21(28)10-16)35-14-15-3-5-17(6-4-15)26(32)33/h3-13H,2,14H2,1H3,(H,30,31)(H,32,33)/b29-13+. The molecule has 0 saturated carbocycles. The van der Waals surface area contributed by atoms with Crippen molar-refractivity contribution in [3.63, 3.8) is 0 Å². The lowest BCUT2D eigenvalue weighted by atomic mass is 10.1. The third kappa shape index (κ3) is 6.13. The lowest BCUT2D eigenvalue weighted by Gasteiger charge is -2.11. The molecule has 1 heterocycles. The highest BCUT2D eigenvalue weighted by molar-refractivity contribution is 9.11. The van der Waals surface area contributed by atoms with E-state index in [2.05, 4.69) is 42.4 Å². The summed E-state index contributed by atoms with van der Waals surface area (Å²) in [5, 5.41) is 13.8. The van der Waals surface area contributed by atoms with Crippen LogP contribution in [0.5, 0.6) is 11.5 Å². The number of hydrogen-bond donors (Lipinski definition) is 2. The third-order valence-corrected chi connectivity index (χ3v) is 6.19. The number of hydrogen-bond acceptors (Lipinski definition) is 6. The maximum atomic E-state index is 12.5. The molecule has 0 fully saturated rings. The molecule has 184 valence electrons. The lowest BCUT2D eigenvalue weighted by Crippen LogP contribution is -2.16. The summed E-state index contributed by atoms with van der Waals surface area (Å²) in [5.41, 5.74) is 4.79. The molecule has 0 saturated heterocycles. The summed E-state index contributed by atoms with van der Waals surface area (Å²) in [5.74, 6) is -0.0385. The minimum Gasteiger partial charge on any atom is -0.494 e. The molecule has 36 heavy (non-hydrogen) atoms. The first kappa shape index (κ1) is 25.5. The average molecular weight is 616 g/mol. The van der Waals surface area contributed by atoms with Gasteiger partial charge in [-0.25, -0.2) is 10.2 Å². The molecule has 0 bridgehead atoms. The Morgan fingerprint density at radius 1 is 1.03 bits per heavy atom. The molecule has 0 radical (unpaired) electrons. The average Bonchev–Trinajstić information content (AvgIpc) is 3.28. The van der Waals surface area contributed by atoms with E-state index in [1.165, 1.54) is 18.3 Å². The van der Waals surface area contributed by atoms with Gasteiger partial charge in [0.05, 0.1) is 27.3 Å². The number of carboxylic acids is 1. The van der Waals surface area contributed by atoms with E-state index in [-0.39, 0.29) is 17.9 Å². The molecule has 0 atom stereocenters. The Bertz CT molecular complexity index is 1420. The Balaban J connectivity index is 1.38. The van der Waals surface area contributed by atoms with Gasteiger partial charge in [-0.1, -0.05) is 12.1 Å². The Kier molecular flexibility index (Phi) is 8.07. The fourth-order valence-corrected chi connectivity index (χ4v) is 4.75. The van der Waals surface area contributed by atoms with Gasteiger partial charge >= 0.3 is 11.9 Å². The molecule has 0 aliphatic heterocycles. The maximum Gasteiger partial charge on any atom is 0.335 e. The van der Waals surface area contributed by atoms with Crippen LogP contribution >= 0.6 is 31.9 Å². The molecule has 2 N–H and O–H groups in total. The van der Waals surface area contributed by atoms with Crippen molar-refractivity contribution < 1.29 is 28.6 Å². The molecular weight excluding hydrogens is 596 g/mol. The van der Waals surface area contributed by atoms with Crippen LogP contribution in [0.25, 0.3) is 11.0 Å². The third-order valence-electron chi connectivity index (χ3n) is 5.01. The van der Waals surface area contributed by atoms with Crippen molar-refractivity contribution in [3.05, 3.63) is 92.1 Å². The maximum absolute atomic E-state index is 12.5. The Labute approximate surface area is 223 Å². The number of aromatic carboxylic acids is 1. The summed E-state index contributed by atoms with van der Waals surface area (Å²) in [6, 6.07) is 17.0. The van der Waals surface area contributed by atoms with Gasteiger partial charge in [0.2, 0.25) is 0 Å². The number of carboxylic acid groups (broad SMARTS) is 1. The topological polar surface area (TPSA) is 110 Å². The first-order chi connectivity index (χ1) is 17.3.